The number of ether oxygens (including phenoxy) is 1. The van der Waals surface area contributed by atoms with Crippen molar-refractivity contribution >= 4 is 29.3 Å². The van der Waals surface area contributed by atoms with E-state index >= 15 is 0 Å². The average Bonchev–Trinajstić information content (AvgIpc) is 2.88. The van der Waals surface area contributed by atoms with Crippen LogP contribution in [0.5, 0.6) is 5.75 Å². The Hall–Kier alpha value is -4.34. The van der Waals surface area contributed by atoms with Crippen LogP contribution < -0.4 is 26.4 Å². The molecule has 1 aliphatic rings. The third-order valence-electron chi connectivity index (χ3n) is 5.78. The van der Waals surface area contributed by atoms with Crippen molar-refractivity contribution in [3.05, 3.63) is 59.2 Å². The Morgan fingerprint density at radius 1 is 1.10 bits per heavy atom. The molecule has 2 amide bonds. The van der Waals surface area contributed by atoms with Crippen LogP contribution in [0.3, 0.4) is 0 Å². The second kappa shape index (κ2) is 14.5. The van der Waals surface area contributed by atoms with Gasteiger partial charge in [0, 0.05) is 17.8 Å². The fraction of sp³-hybridized carbons (Fsp3) is 0.385. The molecule has 2 aromatic rings. The Morgan fingerprint density at radius 3 is 2.21 bits per heavy atom. The highest BCUT2D eigenvalue weighted by atomic mass is 19.4. The van der Waals surface area contributed by atoms with Gasteiger partial charge < -0.3 is 31.5 Å². The first-order chi connectivity index (χ1) is 19.5. The van der Waals surface area contributed by atoms with E-state index in [1.807, 2.05) is 0 Å². The maximum absolute atomic E-state index is 13.7. The van der Waals surface area contributed by atoms with Crippen molar-refractivity contribution in [1.82, 2.24) is 10.6 Å². The van der Waals surface area contributed by atoms with Crippen molar-refractivity contribution in [3.8, 4) is 5.75 Å². The molecule has 0 aromatic heterocycles. The molecule has 2 aromatic carbocycles. The summed E-state index contributed by atoms with van der Waals surface area (Å²) < 4.78 is 78.5. The minimum atomic E-state index is -5.08. The van der Waals surface area contributed by atoms with Gasteiger partial charge in [-0.3, -0.25) is 15.0 Å². The van der Waals surface area contributed by atoms with Crippen LogP contribution in [-0.2, 0) is 20.6 Å². The number of alkyl halides is 6. The molecule has 0 saturated carbocycles. The highest BCUT2D eigenvalue weighted by molar-refractivity contribution is 6.04. The SMILES string of the molecule is CC(NC(=O)CC(=O)Nc1ccc(C(=N)N)cc1)c1ccc(OC2CCCNC2)c(C(F)(F)F)c1.O=C(O)C(F)(F)F. The van der Waals surface area contributed by atoms with Gasteiger partial charge in [0.25, 0.3) is 0 Å². The van der Waals surface area contributed by atoms with Gasteiger partial charge in [0.2, 0.25) is 11.8 Å². The zero-order valence-electron chi connectivity index (χ0n) is 22.2. The summed E-state index contributed by atoms with van der Waals surface area (Å²) in [5.74, 6) is -4.35. The van der Waals surface area contributed by atoms with Crippen LogP contribution in [0.1, 0.15) is 48.9 Å². The minimum Gasteiger partial charge on any atom is -0.488 e. The number of carbonyl (C=O) groups is 3. The molecule has 1 aliphatic heterocycles. The molecule has 2 atom stereocenters. The van der Waals surface area contributed by atoms with E-state index in [1.165, 1.54) is 19.1 Å². The number of hydrogen-bond acceptors (Lipinski definition) is 6. The summed E-state index contributed by atoms with van der Waals surface area (Å²) in [5.41, 5.74) is 5.61. The van der Waals surface area contributed by atoms with E-state index in [2.05, 4.69) is 16.0 Å². The van der Waals surface area contributed by atoms with Gasteiger partial charge in [0.1, 0.15) is 24.1 Å². The average molecular weight is 606 g/mol. The van der Waals surface area contributed by atoms with Crippen LogP contribution in [-0.4, -0.2) is 54.1 Å². The monoisotopic (exact) mass is 605 g/mol. The fourth-order valence-electron chi connectivity index (χ4n) is 3.70. The van der Waals surface area contributed by atoms with Crippen LogP contribution in [0.25, 0.3) is 0 Å². The summed E-state index contributed by atoms with van der Waals surface area (Å²) in [7, 11) is 0. The van der Waals surface area contributed by atoms with Gasteiger partial charge in [-0.05, 0) is 68.3 Å². The van der Waals surface area contributed by atoms with Crippen LogP contribution in [0, 0.1) is 5.41 Å². The number of carboxylic acids is 1. The number of amidine groups is 1. The molecule has 3 rings (SSSR count). The lowest BCUT2D eigenvalue weighted by molar-refractivity contribution is -0.192. The maximum Gasteiger partial charge on any atom is 0.490 e. The van der Waals surface area contributed by atoms with Crippen molar-refractivity contribution in [2.24, 2.45) is 5.73 Å². The van der Waals surface area contributed by atoms with E-state index in [0.29, 0.717) is 24.2 Å². The number of benzene rings is 2. The summed E-state index contributed by atoms with van der Waals surface area (Å²) in [5, 5.41) is 22.7. The minimum absolute atomic E-state index is 0.115. The lowest BCUT2D eigenvalue weighted by Gasteiger charge is -2.26. The Bertz CT molecular complexity index is 1260. The first-order valence-corrected chi connectivity index (χ1v) is 12.4. The predicted octanol–water partition coefficient (Wildman–Crippen LogP) is 3.96. The van der Waals surface area contributed by atoms with Crippen molar-refractivity contribution in [3.63, 3.8) is 0 Å². The lowest BCUT2D eigenvalue weighted by Crippen LogP contribution is -2.37. The number of nitrogens with two attached hydrogens (primary N) is 1. The van der Waals surface area contributed by atoms with Gasteiger partial charge in [-0.15, -0.1) is 0 Å². The number of aliphatic carboxylic acids is 1. The number of rotatable bonds is 8. The van der Waals surface area contributed by atoms with E-state index in [-0.39, 0.29) is 23.3 Å². The molecule has 10 nitrogen and oxygen atoms in total. The highest BCUT2D eigenvalue weighted by Crippen LogP contribution is 2.38. The molecule has 0 radical (unpaired) electrons. The fourth-order valence-corrected chi connectivity index (χ4v) is 3.70. The lowest BCUT2D eigenvalue weighted by atomic mass is 10.0. The summed E-state index contributed by atoms with van der Waals surface area (Å²) >= 11 is 0. The number of halogens is 6. The number of anilines is 1. The van der Waals surface area contributed by atoms with Crippen LogP contribution in [0.4, 0.5) is 32.0 Å². The smallest absolute Gasteiger partial charge is 0.488 e. The molecule has 0 aliphatic carbocycles. The number of hydrogen-bond donors (Lipinski definition) is 6. The van der Waals surface area contributed by atoms with E-state index in [4.69, 9.17) is 25.8 Å². The van der Waals surface area contributed by atoms with Crippen molar-refractivity contribution in [2.45, 2.75) is 50.7 Å². The van der Waals surface area contributed by atoms with Gasteiger partial charge in [-0.25, -0.2) is 4.79 Å². The molecule has 42 heavy (non-hydrogen) atoms. The predicted molar refractivity (Wildman–Crippen MR) is 139 cm³/mol. The molecule has 1 heterocycles. The van der Waals surface area contributed by atoms with E-state index in [1.54, 1.807) is 24.3 Å². The summed E-state index contributed by atoms with van der Waals surface area (Å²) in [4.78, 5) is 33.4. The van der Waals surface area contributed by atoms with E-state index in [9.17, 15) is 35.9 Å². The summed E-state index contributed by atoms with van der Waals surface area (Å²) in [6, 6.07) is 9.13. The Morgan fingerprint density at radius 2 is 1.71 bits per heavy atom. The Labute approximate surface area is 236 Å². The molecule has 7 N–H and O–H groups in total. The zero-order valence-corrected chi connectivity index (χ0v) is 22.2. The number of carboxylic acid groups (broad SMARTS) is 1. The van der Waals surface area contributed by atoms with Crippen molar-refractivity contribution < 1.29 is 50.6 Å². The van der Waals surface area contributed by atoms with Crippen LogP contribution in [0.15, 0.2) is 42.5 Å². The topological polar surface area (TPSA) is 167 Å². The quantitative estimate of drug-likeness (QED) is 0.115. The third kappa shape index (κ3) is 10.9. The van der Waals surface area contributed by atoms with Crippen molar-refractivity contribution in [1.29, 1.82) is 5.41 Å². The van der Waals surface area contributed by atoms with E-state index < -0.39 is 48.2 Å². The molecular formula is C26H29F6N5O5. The van der Waals surface area contributed by atoms with E-state index in [0.717, 1.165) is 19.0 Å². The molecule has 1 saturated heterocycles. The second-order valence-corrected chi connectivity index (χ2v) is 9.15. The Balaban J connectivity index is 0.000000782. The molecule has 1 fully saturated rings. The number of nitrogens with one attached hydrogen (secondary N) is 4. The molecule has 230 valence electrons. The van der Waals surface area contributed by atoms with Crippen LogP contribution >= 0.6 is 0 Å². The van der Waals surface area contributed by atoms with Gasteiger partial charge in [-0.2, -0.15) is 26.3 Å². The van der Waals surface area contributed by atoms with Crippen LogP contribution in [0.2, 0.25) is 0 Å². The Kier molecular flexibility index (Phi) is 11.7. The summed E-state index contributed by atoms with van der Waals surface area (Å²) in [6.07, 6.45) is -9.08. The van der Waals surface area contributed by atoms with Crippen molar-refractivity contribution in [2.75, 3.05) is 18.4 Å². The molecule has 2 unspecified atom stereocenters. The molecular weight excluding hydrogens is 576 g/mol. The highest BCUT2D eigenvalue weighted by Gasteiger charge is 2.38. The van der Waals surface area contributed by atoms with Gasteiger partial charge in [0.05, 0.1) is 11.6 Å². The third-order valence-corrected chi connectivity index (χ3v) is 5.78. The zero-order chi connectivity index (χ0) is 31.7. The molecule has 0 spiro atoms. The summed E-state index contributed by atoms with van der Waals surface area (Å²) in [6.45, 7) is 2.83. The first-order valence-electron chi connectivity index (χ1n) is 12.4. The van der Waals surface area contributed by atoms with Gasteiger partial charge in [-0.1, -0.05) is 6.07 Å². The largest absolute Gasteiger partial charge is 0.490 e. The second-order valence-electron chi connectivity index (χ2n) is 9.15. The standard InChI is InChI=1S/C24H28F3N5O3.C2HF3O2/c1-14(31-21(33)12-22(34)32-17-7-4-15(5-8-17)23(28)29)16-6-9-20(19(11-16)24(25,26)27)35-18-3-2-10-30-13-18;3-2(4,5)1(6)7/h4-9,11,14,18,30H,2-3,10,12-13H2,1H3,(H3,28,29)(H,31,33)(H,32,34);(H,6,7). The number of nitrogen functional groups attached to an aromatic ring is 1. The molecule has 0 bridgehead atoms. The first kappa shape index (κ1) is 33.9. The normalized spacial score (nSPS) is 15.8. The number of carbonyl (C=O) groups excluding carboxylic acids is 2. The van der Waals surface area contributed by atoms with Gasteiger partial charge in [0.15, 0.2) is 0 Å². The molecule has 16 heteroatoms. The number of amides is 2. The maximum atomic E-state index is 13.7. The number of piperidine rings is 1. The van der Waals surface area contributed by atoms with Gasteiger partial charge >= 0.3 is 18.3 Å².